The van der Waals surface area contributed by atoms with Gasteiger partial charge in [-0.25, -0.2) is 0 Å². The molecule has 1 atom stereocenters. The van der Waals surface area contributed by atoms with Crippen molar-refractivity contribution in [1.82, 2.24) is 10.2 Å². The number of morpholine rings is 1. The molecule has 1 aromatic rings. The molecule has 1 N–H and O–H groups in total. The summed E-state index contributed by atoms with van der Waals surface area (Å²) in [6, 6.07) is 7.79. The Balaban J connectivity index is 1.95. The van der Waals surface area contributed by atoms with Crippen LogP contribution in [0.15, 0.2) is 24.3 Å². The zero-order chi connectivity index (χ0) is 13.0. The molecule has 0 bridgehead atoms. The van der Waals surface area contributed by atoms with Crippen molar-refractivity contribution in [2.75, 3.05) is 26.7 Å². The lowest BCUT2D eigenvalue weighted by atomic mass is 10.2. The average molecular weight is 269 g/mol. The highest BCUT2D eigenvalue weighted by molar-refractivity contribution is 6.30. The highest BCUT2D eigenvalue weighted by Gasteiger charge is 2.25. The molecule has 1 aliphatic heterocycles. The number of amides is 1. The number of benzene rings is 1. The van der Waals surface area contributed by atoms with E-state index in [2.05, 4.69) is 10.2 Å². The normalized spacial score (nSPS) is 20.7. The summed E-state index contributed by atoms with van der Waals surface area (Å²) < 4.78 is 5.44. The Morgan fingerprint density at radius 3 is 3.17 bits per heavy atom. The Morgan fingerprint density at radius 1 is 1.61 bits per heavy atom. The van der Waals surface area contributed by atoms with E-state index in [1.165, 1.54) is 0 Å². The van der Waals surface area contributed by atoms with Crippen LogP contribution in [-0.2, 0) is 16.1 Å². The molecule has 1 aromatic carbocycles. The average Bonchev–Trinajstić information content (AvgIpc) is 2.38. The van der Waals surface area contributed by atoms with E-state index in [0.29, 0.717) is 13.2 Å². The fourth-order valence-corrected chi connectivity index (χ4v) is 2.27. The fourth-order valence-electron chi connectivity index (χ4n) is 2.06. The topological polar surface area (TPSA) is 41.6 Å². The van der Waals surface area contributed by atoms with Crippen molar-refractivity contribution in [1.29, 1.82) is 0 Å². The summed E-state index contributed by atoms with van der Waals surface area (Å²) in [5, 5.41) is 3.36. The maximum absolute atomic E-state index is 11.5. The first-order chi connectivity index (χ1) is 8.69. The van der Waals surface area contributed by atoms with Crippen LogP contribution >= 0.6 is 11.6 Å². The SMILES string of the molecule is CNC(=O)C1CN(Cc2cccc(Cl)c2)CCO1. The van der Waals surface area contributed by atoms with Crippen LogP contribution in [0.1, 0.15) is 5.56 Å². The first-order valence-corrected chi connectivity index (χ1v) is 6.37. The van der Waals surface area contributed by atoms with Gasteiger partial charge in [-0.2, -0.15) is 0 Å². The number of carbonyl (C=O) groups is 1. The Labute approximate surface area is 112 Å². The standard InChI is InChI=1S/C13H17ClN2O2/c1-15-13(17)12-9-16(5-6-18-12)8-10-3-2-4-11(14)7-10/h2-4,7,12H,5-6,8-9H2,1H3,(H,15,17). The van der Waals surface area contributed by atoms with Crippen molar-refractivity contribution in [3.05, 3.63) is 34.9 Å². The van der Waals surface area contributed by atoms with Crippen LogP contribution in [0.5, 0.6) is 0 Å². The lowest BCUT2D eigenvalue weighted by molar-refractivity contribution is -0.138. The molecule has 5 heteroatoms. The summed E-state index contributed by atoms with van der Waals surface area (Å²) in [6.07, 6.45) is -0.372. The van der Waals surface area contributed by atoms with Gasteiger partial charge in [0.2, 0.25) is 5.91 Å². The van der Waals surface area contributed by atoms with Gasteiger partial charge in [0.05, 0.1) is 6.61 Å². The smallest absolute Gasteiger partial charge is 0.250 e. The molecule has 0 radical (unpaired) electrons. The second-order valence-corrected chi connectivity index (χ2v) is 4.78. The number of halogens is 1. The number of nitrogens with one attached hydrogen (secondary N) is 1. The van der Waals surface area contributed by atoms with E-state index in [1.54, 1.807) is 7.05 Å². The van der Waals surface area contributed by atoms with Crippen LogP contribution in [0.3, 0.4) is 0 Å². The van der Waals surface area contributed by atoms with E-state index in [4.69, 9.17) is 16.3 Å². The molecule has 0 saturated carbocycles. The van der Waals surface area contributed by atoms with Gasteiger partial charge in [-0.3, -0.25) is 9.69 Å². The molecular weight excluding hydrogens is 252 g/mol. The fraction of sp³-hybridized carbons (Fsp3) is 0.462. The van der Waals surface area contributed by atoms with E-state index < -0.39 is 0 Å². The number of ether oxygens (including phenoxy) is 1. The van der Waals surface area contributed by atoms with Gasteiger partial charge >= 0.3 is 0 Å². The minimum atomic E-state index is -0.372. The van der Waals surface area contributed by atoms with Gasteiger partial charge in [0.25, 0.3) is 0 Å². The second-order valence-electron chi connectivity index (χ2n) is 4.34. The molecule has 98 valence electrons. The Bertz CT molecular complexity index is 425. The van der Waals surface area contributed by atoms with Gasteiger partial charge in [0.15, 0.2) is 0 Å². The van der Waals surface area contributed by atoms with Gasteiger partial charge in [0, 0.05) is 31.7 Å². The van der Waals surface area contributed by atoms with E-state index in [0.717, 1.165) is 23.7 Å². The van der Waals surface area contributed by atoms with Crippen molar-refractivity contribution in [2.24, 2.45) is 0 Å². The zero-order valence-corrected chi connectivity index (χ0v) is 11.1. The molecule has 1 unspecified atom stereocenters. The summed E-state index contributed by atoms with van der Waals surface area (Å²) in [5.74, 6) is -0.0641. The minimum Gasteiger partial charge on any atom is -0.366 e. The second kappa shape index (κ2) is 6.18. The van der Waals surface area contributed by atoms with Crippen molar-refractivity contribution in [2.45, 2.75) is 12.6 Å². The van der Waals surface area contributed by atoms with Gasteiger partial charge in [-0.15, -0.1) is 0 Å². The van der Waals surface area contributed by atoms with E-state index >= 15 is 0 Å². The number of rotatable bonds is 3. The summed E-state index contributed by atoms with van der Waals surface area (Å²) in [6.45, 7) is 2.82. The lowest BCUT2D eigenvalue weighted by Crippen LogP contribution is -2.48. The predicted octanol–water partition coefficient (Wildman–Crippen LogP) is 1.29. The third-order valence-corrected chi connectivity index (χ3v) is 3.22. The summed E-state index contributed by atoms with van der Waals surface area (Å²) in [7, 11) is 1.63. The molecule has 0 spiro atoms. The number of nitrogens with zero attached hydrogens (tertiary/aromatic N) is 1. The first kappa shape index (κ1) is 13.3. The quantitative estimate of drug-likeness (QED) is 0.898. The van der Waals surface area contributed by atoms with Crippen LogP contribution in [0.2, 0.25) is 5.02 Å². The Hall–Kier alpha value is -1.10. The largest absolute Gasteiger partial charge is 0.366 e. The molecule has 2 rings (SSSR count). The van der Waals surface area contributed by atoms with Crippen LogP contribution in [0.4, 0.5) is 0 Å². The summed E-state index contributed by atoms with van der Waals surface area (Å²) in [5.41, 5.74) is 1.15. The molecule has 1 fully saturated rings. The molecule has 4 nitrogen and oxygen atoms in total. The van der Waals surface area contributed by atoms with Gasteiger partial charge < -0.3 is 10.1 Å². The highest BCUT2D eigenvalue weighted by Crippen LogP contribution is 2.14. The van der Waals surface area contributed by atoms with E-state index in [-0.39, 0.29) is 12.0 Å². The number of carbonyl (C=O) groups excluding carboxylic acids is 1. The van der Waals surface area contributed by atoms with Gasteiger partial charge in [-0.1, -0.05) is 23.7 Å². The van der Waals surface area contributed by atoms with Gasteiger partial charge in [0.1, 0.15) is 6.10 Å². The third kappa shape index (κ3) is 3.45. The molecule has 18 heavy (non-hydrogen) atoms. The zero-order valence-electron chi connectivity index (χ0n) is 10.4. The maximum atomic E-state index is 11.5. The van der Waals surface area contributed by atoms with Crippen LogP contribution in [0.25, 0.3) is 0 Å². The third-order valence-electron chi connectivity index (χ3n) is 2.98. The van der Waals surface area contributed by atoms with Crippen molar-refractivity contribution in [3.63, 3.8) is 0 Å². The first-order valence-electron chi connectivity index (χ1n) is 5.99. The number of hydrogen-bond donors (Lipinski definition) is 1. The van der Waals surface area contributed by atoms with E-state index in [9.17, 15) is 4.79 Å². The van der Waals surface area contributed by atoms with Gasteiger partial charge in [-0.05, 0) is 17.7 Å². The number of likely N-dealkylation sites (N-methyl/N-ethyl adjacent to an activating group) is 1. The highest BCUT2D eigenvalue weighted by atomic mass is 35.5. The predicted molar refractivity (Wildman–Crippen MR) is 70.5 cm³/mol. The molecular formula is C13H17ClN2O2. The summed E-state index contributed by atoms with van der Waals surface area (Å²) >= 11 is 5.96. The van der Waals surface area contributed by atoms with Crippen LogP contribution in [-0.4, -0.2) is 43.7 Å². The molecule has 1 saturated heterocycles. The van der Waals surface area contributed by atoms with Crippen LogP contribution in [0, 0.1) is 0 Å². The van der Waals surface area contributed by atoms with Crippen LogP contribution < -0.4 is 5.32 Å². The molecule has 0 aliphatic carbocycles. The molecule has 1 aliphatic rings. The molecule has 0 aromatic heterocycles. The Kier molecular flexibility index (Phi) is 4.58. The monoisotopic (exact) mass is 268 g/mol. The maximum Gasteiger partial charge on any atom is 0.250 e. The van der Waals surface area contributed by atoms with Crippen molar-refractivity contribution < 1.29 is 9.53 Å². The molecule has 1 heterocycles. The Morgan fingerprint density at radius 2 is 2.44 bits per heavy atom. The number of hydrogen-bond acceptors (Lipinski definition) is 3. The van der Waals surface area contributed by atoms with Crippen molar-refractivity contribution in [3.8, 4) is 0 Å². The molecule has 1 amide bonds. The van der Waals surface area contributed by atoms with Crippen molar-refractivity contribution >= 4 is 17.5 Å². The lowest BCUT2D eigenvalue weighted by Gasteiger charge is -2.31. The van der Waals surface area contributed by atoms with E-state index in [1.807, 2.05) is 24.3 Å². The minimum absolute atomic E-state index is 0.0641. The summed E-state index contributed by atoms with van der Waals surface area (Å²) in [4.78, 5) is 13.7.